The topological polar surface area (TPSA) is 49.8 Å². The number of alkyl halides is 3. The molecule has 3 aromatic carbocycles. The molecule has 0 aliphatic carbocycles. The predicted octanol–water partition coefficient (Wildman–Crippen LogP) is 6.97. The van der Waals surface area contributed by atoms with Crippen molar-refractivity contribution in [2.45, 2.75) is 44.1 Å². The van der Waals surface area contributed by atoms with Crippen LogP contribution in [-0.4, -0.2) is 28.6 Å². The second-order valence-electron chi connectivity index (χ2n) is 8.57. The first-order chi connectivity index (χ1) is 16.7. The van der Waals surface area contributed by atoms with Crippen LogP contribution in [0.5, 0.6) is 5.75 Å². The Morgan fingerprint density at radius 2 is 1.71 bits per heavy atom. The van der Waals surface area contributed by atoms with Crippen LogP contribution in [0.4, 0.5) is 13.2 Å². The molecule has 1 aliphatic heterocycles. The molecule has 35 heavy (non-hydrogen) atoms. The van der Waals surface area contributed by atoms with E-state index < -0.39 is 34.8 Å². The van der Waals surface area contributed by atoms with Crippen molar-refractivity contribution in [1.82, 2.24) is 4.90 Å². The molecule has 1 heterocycles. The fourth-order valence-electron chi connectivity index (χ4n) is 4.52. The fraction of sp³-hybridized carbons (Fsp3) is 0.296. The Balaban J connectivity index is 1.69. The lowest BCUT2D eigenvalue weighted by Crippen LogP contribution is -2.46. The molecule has 2 atom stereocenters. The standard InChI is InChI=1S/C27H25ClF3NO3/c28-23-14-11-20(16-22(23)27(29,30)31)25(32-15-5-4-8-24(32)26(33)34)19-9-12-21(13-10-19)35-17-18-6-2-1-3-7-18/h1-3,6-7,9-14,16,24-25H,4-5,8,15,17H2,(H,33,34). The minimum Gasteiger partial charge on any atom is -0.489 e. The highest BCUT2D eigenvalue weighted by Crippen LogP contribution is 2.40. The van der Waals surface area contributed by atoms with Crippen molar-refractivity contribution < 1.29 is 27.8 Å². The lowest BCUT2D eigenvalue weighted by atomic mass is 9.91. The summed E-state index contributed by atoms with van der Waals surface area (Å²) in [6.07, 6.45) is -2.68. The van der Waals surface area contributed by atoms with Gasteiger partial charge < -0.3 is 9.84 Å². The Hall–Kier alpha value is -3.03. The zero-order chi connectivity index (χ0) is 25.0. The van der Waals surface area contributed by atoms with Gasteiger partial charge in [-0.1, -0.05) is 66.6 Å². The van der Waals surface area contributed by atoms with Gasteiger partial charge in [-0.15, -0.1) is 0 Å². The van der Waals surface area contributed by atoms with Gasteiger partial charge >= 0.3 is 12.1 Å². The summed E-state index contributed by atoms with van der Waals surface area (Å²) in [5.74, 6) is -0.376. The number of ether oxygens (including phenoxy) is 1. The molecular weight excluding hydrogens is 479 g/mol. The van der Waals surface area contributed by atoms with Gasteiger partial charge in [-0.2, -0.15) is 13.2 Å². The molecule has 0 bridgehead atoms. The van der Waals surface area contributed by atoms with Gasteiger partial charge in [0.1, 0.15) is 18.4 Å². The van der Waals surface area contributed by atoms with E-state index in [0.717, 1.165) is 24.5 Å². The summed E-state index contributed by atoms with van der Waals surface area (Å²) in [6, 6.07) is 19.0. The molecule has 0 saturated carbocycles. The minimum atomic E-state index is -4.62. The summed E-state index contributed by atoms with van der Waals surface area (Å²) in [5, 5.41) is 9.45. The van der Waals surface area contributed by atoms with Crippen LogP contribution in [0.25, 0.3) is 0 Å². The molecule has 1 saturated heterocycles. The summed E-state index contributed by atoms with van der Waals surface area (Å²) in [4.78, 5) is 13.8. The number of nitrogens with zero attached hydrogens (tertiary/aromatic N) is 1. The van der Waals surface area contributed by atoms with E-state index in [4.69, 9.17) is 16.3 Å². The molecule has 0 aromatic heterocycles. The van der Waals surface area contributed by atoms with Gasteiger partial charge in [0.05, 0.1) is 16.6 Å². The lowest BCUT2D eigenvalue weighted by Gasteiger charge is -2.40. The van der Waals surface area contributed by atoms with Crippen LogP contribution in [0.2, 0.25) is 5.02 Å². The van der Waals surface area contributed by atoms with Crippen molar-refractivity contribution in [3.05, 3.63) is 100 Å². The number of likely N-dealkylation sites (tertiary alicyclic amines) is 1. The average Bonchev–Trinajstić information content (AvgIpc) is 2.85. The number of hydrogen-bond acceptors (Lipinski definition) is 3. The minimum absolute atomic E-state index is 0.341. The van der Waals surface area contributed by atoms with E-state index in [1.807, 2.05) is 30.3 Å². The normalized spacial score (nSPS) is 17.7. The van der Waals surface area contributed by atoms with Crippen molar-refractivity contribution in [3.63, 3.8) is 0 Å². The summed E-state index contributed by atoms with van der Waals surface area (Å²) in [6.45, 7) is 0.834. The van der Waals surface area contributed by atoms with Crippen LogP contribution in [0.1, 0.15) is 47.6 Å². The number of benzene rings is 3. The lowest BCUT2D eigenvalue weighted by molar-refractivity contribution is -0.145. The van der Waals surface area contributed by atoms with E-state index in [2.05, 4.69) is 0 Å². The Kier molecular flexibility index (Phi) is 7.67. The molecule has 0 radical (unpaired) electrons. The van der Waals surface area contributed by atoms with Crippen LogP contribution < -0.4 is 4.74 Å². The van der Waals surface area contributed by atoms with Crippen LogP contribution in [0.3, 0.4) is 0 Å². The molecule has 4 rings (SSSR count). The number of piperidine rings is 1. The van der Waals surface area contributed by atoms with Gasteiger partial charge in [0.2, 0.25) is 0 Å². The number of halogens is 4. The summed E-state index contributed by atoms with van der Waals surface area (Å²) < 4.78 is 46.7. The predicted molar refractivity (Wildman–Crippen MR) is 127 cm³/mol. The second kappa shape index (κ2) is 10.7. The van der Waals surface area contributed by atoms with E-state index in [0.29, 0.717) is 36.4 Å². The van der Waals surface area contributed by atoms with Crippen molar-refractivity contribution in [3.8, 4) is 5.75 Å². The molecule has 2 unspecified atom stereocenters. The molecule has 1 fully saturated rings. The van der Waals surface area contributed by atoms with Crippen molar-refractivity contribution >= 4 is 17.6 Å². The van der Waals surface area contributed by atoms with Crippen LogP contribution in [-0.2, 0) is 17.6 Å². The van der Waals surface area contributed by atoms with Crippen LogP contribution in [0.15, 0.2) is 72.8 Å². The maximum Gasteiger partial charge on any atom is 0.417 e. The Morgan fingerprint density at radius 3 is 2.37 bits per heavy atom. The zero-order valence-electron chi connectivity index (χ0n) is 18.8. The number of carbonyl (C=O) groups is 1. The second-order valence-corrected chi connectivity index (χ2v) is 8.98. The van der Waals surface area contributed by atoms with Gasteiger partial charge in [0.25, 0.3) is 0 Å². The third-order valence-corrected chi connectivity index (χ3v) is 6.55. The molecule has 1 N–H and O–H groups in total. The SMILES string of the molecule is O=C(O)C1CCCCN1C(c1ccc(OCc2ccccc2)cc1)c1ccc(Cl)c(C(F)(F)F)c1. The van der Waals surface area contributed by atoms with E-state index in [1.165, 1.54) is 12.1 Å². The van der Waals surface area contributed by atoms with Gasteiger partial charge in [-0.05, 0) is 60.3 Å². The van der Waals surface area contributed by atoms with Gasteiger partial charge in [-0.25, -0.2) is 0 Å². The fourth-order valence-corrected chi connectivity index (χ4v) is 4.75. The molecule has 1 aliphatic rings. The molecule has 184 valence electrons. The number of aliphatic carboxylic acids is 1. The highest BCUT2D eigenvalue weighted by atomic mass is 35.5. The monoisotopic (exact) mass is 503 g/mol. The van der Waals surface area contributed by atoms with Crippen LogP contribution >= 0.6 is 11.6 Å². The number of carboxylic acids is 1. The van der Waals surface area contributed by atoms with Gasteiger partial charge in [-0.3, -0.25) is 9.69 Å². The maximum absolute atomic E-state index is 13.6. The molecule has 8 heteroatoms. The first kappa shape index (κ1) is 25.1. The smallest absolute Gasteiger partial charge is 0.417 e. The van der Waals surface area contributed by atoms with E-state index in [9.17, 15) is 23.1 Å². The third kappa shape index (κ3) is 5.97. The summed E-state index contributed by atoms with van der Waals surface area (Å²) in [5.41, 5.74) is 1.09. The zero-order valence-corrected chi connectivity index (χ0v) is 19.6. The molecular formula is C27H25ClF3NO3. The van der Waals surface area contributed by atoms with E-state index >= 15 is 0 Å². The quantitative estimate of drug-likeness (QED) is 0.378. The van der Waals surface area contributed by atoms with Gasteiger partial charge in [0, 0.05) is 0 Å². The highest BCUT2D eigenvalue weighted by Gasteiger charge is 2.38. The van der Waals surface area contributed by atoms with Crippen molar-refractivity contribution in [1.29, 1.82) is 0 Å². The number of rotatable bonds is 7. The Morgan fingerprint density at radius 1 is 1.03 bits per heavy atom. The number of hydrogen-bond donors (Lipinski definition) is 1. The Labute approximate surface area is 206 Å². The molecule has 0 amide bonds. The average molecular weight is 504 g/mol. The first-order valence-electron chi connectivity index (χ1n) is 11.4. The molecule has 3 aromatic rings. The molecule has 0 spiro atoms. The largest absolute Gasteiger partial charge is 0.489 e. The van der Waals surface area contributed by atoms with Gasteiger partial charge in [0.15, 0.2) is 0 Å². The van der Waals surface area contributed by atoms with Crippen molar-refractivity contribution in [2.75, 3.05) is 6.54 Å². The maximum atomic E-state index is 13.6. The van der Waals surface area contributed by atoms with E-state index in [-0.39, 0.29) is 0 Å². The molecule has 4 nitrogen and oxygen atoms in total. The first-order valence-corrected chi connectivity index (χ1v) is 11.7. The highest BCUT2D eigenvalue weighted by molar-refractivity contribution is 6.31. The third-order valence-electron chi connectivity index (χ3n) is 6.22. The summed E-state index contributed by atoms with van der Waals surface area (Å²) in [7, 11) is 0. The summed E-state index contributed by atoms with van der Waals surface area (Å²) >= 11 is 5.86. The number of carboxylic acid groups (broad SMARTS) is 1. The Bertz CT molecular complexity index is 1150. The van der Waals surface area contributed by atoms with Crippen LogP contribution in [0, 0.1) is 0 Å². The van der Waals surface area contributed by atoms with Crippen molar-refractivity contribution in [2.24, 2.45) is 0 Å². The van der Waals surface area contributed by atoms with E-state index in [1.54, 1.807) is 29.2 Å².